The molecule has 0 bridgehead atoms. The number of urea groups is 1. The third kappa shape index (κ3) is 3.13. The standard InChI is InChI=1S/C12H20N2O3.Na/c1-4-6-7-12(8(3)5-2)9(15)13-11(17)14-10(12)16;/h8H,4-7H2,1-3H3,(H2,13,14,15,16,17);/q;+1/p-1. The SMILES string of the molecule is CCCCC1(C(C)CC)C(=O)[N-]C(=O)NC1=O.[Na+]. The first kappa shape index (κ1) is 17.6. The fraction of sp³-hybridized carbons (Fsp3) is 0.750. The number of imide groups is 2. The molecule has 1 fully saturated rings. The molecule has 6 heteroatoms. The molecule has 0 saturated carbocycles. The maximum absolute atomic E-state index is 12.0. The van der Waals surface area contributed by atoms with Crippen LogP contribution in [0.5, 0.6) is 0 Å². The van der Waals surface area contributed by atoms with E-state index in [2.05, 4.69) is 10.6 Å². The Kier molecular flexibility index (Phi) is 7.10. The molecule has 1 aliphatic rings. The molecule has 0 aromatic heterocycles. The van der Waals surface area contributed by atoms with E-state index >= 15 is 0 Å². The first-order valence-electron chi connectivity index (χ1n) is 6.10. The second-order valence-electron chi connectivity index (χ2n) is 4.56. The maximum Gasteiger partial charge on any atom is 1.00 e. The Hall–Kier alpha value is -0.390. The Morgan fingerprint density at radius 2 is 1.89 bits per heavy atom. The van der Waals surface area contributed by atoms with Gasteiger partial charge in [0.05, 0.1) is 5.41 Å². The molecule has 1 rings (SSSR count). The van der Waals surface area contributed by atoms with E-state index in [9.17, 15) is 14.4 Å². The third-order valence-corrected chi connectivity index (χ3v) is 3.59. The summed E-state index contributed by atoms with van der Waals surface area (Å²) >= 11 is 0. The van der Waals surface area contributed by atoms with E-state index < -0.39 is 23.3 Å². The van der Waals surface area contributed by atoms with Crippen LogP contribution in [-0.2, 0) is 9.59 Å². The van der Waals surface area contributed by atoms with Crippen LogP contribution in [-0.4, -0.2) is 17.8 Å². The third-order valence-electron chi connectivity index (χ3n) is 3.59. The van der Waals surface area contributed by atoms with Gasteiger partial charge in [-0.15, -0.1) is 0 Å². The van der Waals surface area contributed by atoms with Crippen LogP contribution in [0.1, 0.15) is 46.5 Å². The number of hydrogen-bond donors (Lipinski definition) is 1. The van der Waals surface area contributed by atoms with Gasteiger partial charge in [0.2, 0.25) is 0 Å². The Morgan fingerprint density at radius 1 is 1.28 bits per heavy atom. The molecule has 0 aromatic carbocycles. The van der Waals surface area contributed by atoms with Crippen molar-refractivity contribution in [3.8, 4) is 0 Å². The summed E-state index contributed by atoms with van der Waals surface area (Å²) < 4.78 is 0. The van der Waals surface area contributed by atoms with Crippen LogP contribution in [0.2, 0.25) is 0 Å². The molecule has 1 aliphatic heterocycles. The number of carbonyl (C=O) groups is 3. The molecule has 1 saturated heterocycles. The molecule has 4 amide bonds. The van der Waals surface area contributed by atoms with Crippen LogP contribution in [0, 0.1) is 11.3 Å². The van der Waals surface area contributed by atoms with E-state index in [1.807, 2.05) is 20.8 Å². The zero-order valence-corrected chi connectivity index (χ0v) is 13.6. The van der Waals surface area contributed by atoms with E-state index in [1.165, 1.54) is 0 Å². The molecule has 0 spiro atoms. The number of amides is 4. The summed E-state index contributed by atoms with van der Waals surface area (Å²) in [5.41, 5.74) is -1.14. The van der Waals surface area contributed by atoms with E-state index in [0.29, 0.717) is 12.8 Å². The summed E-state index contributed by atoms with van der Waals surface area (Å²) in [6, 6.07) is -0.838. The summed E-state index contributed by atoms with van der Waals surface area (Å²) in [6.45, 7) is 5.78. The van der Waals surface area contributed by atoms with Gasteiger partial charge in [0.15, 0.2) is 17.8 Å². The molecular formula is C12H19N2NaO3. The fourth-order valence-corrected chi connectivity index (χ4v) is 2.23. The molecule has 1 N–H and O–H groups in total. The smallest absolute Gasteiger partial charge is 0.394 e. The van der Waals surface area contributed by atoms with Crippen molar-refractivity contribution in [1.29, 1.82) is 0 Å². The summed E-state index contributed by atoms with van der Waals surface area (Å²) in [6.07, 6.45) is 2.83. The van der Waals surface area contributed by atoms with E-state index in [0.717, 1.165) is 12.8 Å². The normalized spacial score (nSPS) is 24.9. The van der Waals surface area contributed by atoms with Gasteiger partial charge >= 0.3 is 29.6 Å². The van der Waals surface area contributed by atoms with Gasteiger partial charge in [-0.3, -0.25) is 14.4 Å². The number of nitrogens with one attached hydrogen (secondary N) is 1. The summed E-state index contributed by atoms with van der Waals surface area (Å²) in [5, 5.41) is 5.56. The molecule has 96 valence electrons. The van der Waals surface area contributed by atoms with Gasteiger partial charge in [-0.05, 0) is 12.3 Å². The van der Waals surface area contributed by atoms with Crippen molar-refractivity contribution in [2.24, 2.45) is 11.3 Å². The van der Waals surface area contributed by atoms with Crippen LogP contribution < -0.4 is 34.9 Å². The number of hydrogen-bond acceptors (Lipinski definition) is 3. The first-order valence-corrected chi connectivity index (χ1v) is 6.10. The van der Waals surface area contributed by atoms with Crippen molar-refractivity contribution >= 4 is 17.8 Å². The van der Waals surface area contributed by atoms with Crippen molar-refractivity contribution in [3.63, 3.8) is 0 Å². The zero-order valence-electron chi connectivity index (χ0n) is 11.6. The van der Waals surface area contributed by atoms with Crippen LogP contribution >= 0.6 is 0 Å². The van der Waals surface area contributed by atoms with Crippen LogP contribution in [0.4, 0.5) is 4.79 Å². The number of unbranched alkanes of at least 4 members (excludes halogenated alkanes) is 1. The Morgan fingerprint density at radius 3 is 2.33 bits per heavy atom. The van der Waals surface area contributed by atoms with Gasteiger partial charge in [-0.25, -0.2) is 0 Å². The Bertz CT molecular complexity index is 324. The van der Waals surface area contributed by atoms with Crippen molar-refractivity contribution in [2.45, 2.75) is 46.5 Å². The van der Waals surface area contributed by atoms with Crippen molar-refractivity contribution in [1.82, 2.24) is 5.32 Å². The topological polar surface area (TPSA) is 77.3 Å². The van der Waals surface area contributed by atoms with Crippen molar-refractivity contribution in [2.75, 3.05) is 0 Å². The minimum Gasteiger partial charge on any atom is -0.394 e. The van der Waals surface area contributed by atoms with Crippen LogP contribution in [0.3, 0.4) is 0 Å². The molecule has 0 radical (unpaired) electrons. The van der Waals surface area contributed by atoms with E-state index in [4.69, 9.17) is 0 Å². The van der Waals surface area contributed by atoms with Crippen LogP contribution in [0.25, 0.3) is 5.32 Å². The van der Waals surface area contributed by atoms with E-state index in [1.54, 1.807) is 0 Å². The van der Waals surface area contributed by atoms with E-state index in [-0.39, 0.29) is 35.5 Å². The molecule has 2 atom stereocenters. The number of nitrogens with zero attached hydrogens (tertiary/aromatic N) is 1. The average Bonchev–Trinajstić information content (AvgIpc) is 2.27. The van der Waals surface area contributed by atoms with Gasteiger partial charge in [0.1, 0.15) is 0 Å². The number of rotatable bonds is 5. The minimum atomic E-state index is -1.14. The van der Waals surface area contributed by atoms with Crippen LogP contribution in [0.15, 0.2) is 0 Å². The van der Waals surface area contributed by atoms with Crippen molar-refractivity contribution in [3.05, 3.63) is 5.32 Å². The summed E-state index contributed by atoms with van der Waals surface area (Å²) in [7, 11) is 0. The predicted octanol–water partition coefficient (Wildman–Crippen LogP) is -0.637. The quantitative estimate of drug-likeness (QED) is 0.529. The predicted molar refractivity (Wildman–Crippen MR) is 63.3 cm³/mol. The average molecular weight is 262 g/mol. The zero-order chi connectivity index (χ0) is 13.1. The number of barbiturate groups is 1. The minimum absolute atomic E-state index is 0. The molecular weight excluding hydrogens is 243 g/mol. The second kappa shape index (κ2) is 7.26. The summed E-state index contributed by atoms with van der Waals surface area (Å²) in [4.78, 5) is 35.1. The molecule has 0 aromatic rings. The van der Waals surface area contributed by atoms with Gasteiger partial charge in [-0.2, -0.15) is 0 Å². The Balaban J connectivity index is 0.00000289. The van der Waals surface area contributed by atoms with Gasteiger partial charge in [0, 0.05) is 0 Å². The monoisotopic (exact) mass is 262 g/mol. The summed E-state index contributed by atoms with van der Waals surface area (Å²) in [5.74, 6) is -1.17. The molecule has 2 unspecified atom stereocenters. The first-order chi connectivity index (χ1) is 7.98. The molecule has 0 aliphatic carbocycles. The Labute approximate surface area is 130 Å². The molecule has 1 heterocycles. The second-order valence-corrected chi connectivity index (χ2v) is 4.56. The largest absolute Gasteiger partial charge is 1.00 e. The van der Waals surface area contributed by atoms with Crippen molar-refractivity contribution < 1.29 is 43.9 Å². The van der Waals surface area contributed by atoms with Gasteiger partial charge < -0.3 is 10.6 Å². The fourth-order valence-electron chi connectivity index (χ4n) is 2.23. The number of carbonyl (C=O) groups excluding carboxylic acids is 3. The van der Waals surface area contributed by atoms with Gasteiger partial charge in [0.25, 0.3) is 0 Å². The molecule has 5 nitrogen and oxygen atoms in total. The maximum atomic E-state index is 12.0. The molecule has 18 heavy (non-hydrogen) atoms. The van der Waals surface area contributed by atoms with Gasteiger partial charge in [-0.1, -0.05) is 40.0 Å².